The molecule has 0 saturated heterocycles. The lowest BCUT2D eigenvalue weighted by Crippen LogP contribution is -2.55. The Bertz CT molecular complexity index is 1100. The minimum atomic E-state index is -0.774. The second-order valence-electron chi connectivity index (χ2n) is 8.92. The van der Waals surface area contributed by atoms with Crippen LogP contribution in [0.25, 0.3) is 11.1 Å². The van der Waals surface area contributed by atoms with E-state index in [0.29, 0.717) is 12.0 Å². The van der Waals surface area contributed by atoms with Gasteiger partial charge in [0.1, 0.15) is 17.8 Å². The van der Waals surface area contributed by atoms with Crippen LogP contribution in [0.1, 0.15) is 65.0 Å². The smallest absolute Gasteiger partial charge is 0.256 e. The minimum Gasteiger partial charge on any atom is -0.361 e. The van der Waals surface area contributed by atoms with E-state index in [2.05, 4.69) is 38.6 Å². The number of hydrogen-bond acceptors (Lipinski definition) is 6. The first kappa shape index (κ1) is 20.8. The quantitative estimate of drug-likeness (QED) is 0.604. The first-order chi connectivity index (χ1) is 15.5. The summed E-state index contributed by atoms with van der Waals surface area (Å²) in [6, 6.07) is 6.37. The summed E-state index contributed by atoms with van der Waals surface area (Å²) in [4.78, 5) is 21.1. The Morgan fingerprint density at radius 2 is 1.97 bits per heavy atom. The first-order valence-corrected chi connectivity index (χ1v) is 11.3. The molecule has 1 atom stereocenters. The predicted octanol–water partition coefficient (Wildman–Crippen LogP) is 4.32. The summed E-state index contributed by atoms with van der Waals surface area (Å²) >= 11 is 0. The van der Waals surface area contributed by atoms with E-state index < -0.39 is 5.72 Å². The normalized spacial score (nSPS) is 20.8. The van der Waals surface area contributed by atoms with Gasteiger partial charge in [0.25, 0.3) is 5.91 Å². The number of ether oxygens (including phenoxy) is 1. The Morgan fingerprint density at radius 1 is 1.19 bits per heavy atom. The van der Waals surface area contributed by atoms with Gasteiger partial charge in [0.05, 0.1) is 17.4 Å². The van der Waals surface area contributed by atoms with Gasteiger partial charge in [-0.15, -0.1) is 0 Å². The molecule has 2 heterocycles. The van der Waals surface area contributed by atoms with E-state index in [1.807, 2.05) is 13.8 Å². The molecule has 5 rings (SSSR count). The lowest BCUT2D eigenvalue weighted by atomic mass is 9.80. The van der Waals surface area contributed by atoms with E-state index in [1.165, 1.54) is 42.7 Å². The molecule has 1 fully saturated rings. The van der Waals surface area contributed by atoms with Crippen molar-refractivity contribution in [2.75, 3.05) is 0 Å². The number of rotatable bonds is 5. The second-order valence-corrected chi connectivity index (χ2v) is 8.92. The average molecular weight is 433 g/mol. The molecule has 0 aliphatic heterocycles. The third-order valence-electron chi connectivity index (χ3n) is 6.69. The van der Waals surface area contributed by atoms with Gasteiger partial charge in [-0.3, -0.25) is 4.79 Å². The van der Waals surface area contributed by atoms with E-state index in [4.69, 9.17) is 9.26 Å². The molecule has 3 aromatic rings. The van der Waals surface area contributed by atoms with Crippen molar-refractivity contribution in [3.05, 3.63) is 65.1 Å². The molecule has 0 spiro atoms. The van der Waals surface area contributed by atoms with Crippen LogP contribution in [-0.2, 0) is 17.6 Å². The van der Waals surface area contributed by atoms with Crippen LogP contribution in [0.4, 0.5) is 0 Å². The number of carbonyl (C=O) groups excluding carboxylic acids is 1. The average Bonchev–Trinajstić information content (AvgIpc) is 3.43. The Morgan fingerprint density at radius 3 is 2.69 bits per heavy atom. The molecule has 2 aliphatic rings. The highest BCUT2D eigenvalue weighted by molar-refractivity contribution is 5.94. The van der Waals surface area contributed by atoms with Gasteiger partial charge in [0.15, 0.2) is 0 Å². The molecular weight excluding hydrogens is 404 g/mol. The highest BCUT2D eigenvalue weighted by Crippen LogP contribution is 2.40. The Kier molecular flexibility index (Phi) is 5.51. The SMILES string of the molecule is Cc1noc(C)c1-c1cccc2c1C[C@](NC(=O)c1cncnc1)(OC1CCCC1)CC2. The monoisotopic (exact) mass is 432 g/mol. The number of fused-ring (bicyclic) bond motifs is 1. The number of carbonyl (C=O) groups is 1. The molecule has 0 unspecified atom stereocenters. The third kappa shape index (κ3) is 3.93. The molecule has 2 aliphatic carbocycles. The van der Waals surface area contributed by atoms with Gasteiger partial charge in [-0.1, -0.05) is 36.2 Å². The third-order valence-corrected chi connectivity index (χ3v) is 6.69. The fourth-order valence-corrected chi connectivity index (χ4v) is 5.15. The molecule has 7 nitrogen and oxygen atoms in total. The molecule has 0 radical (unpaired) electrons. The molecule has 32 heavy (non-hydrogen) atoms. The van der Waals surface area contributed by atoms with Crippen LogP contribution in [0.3, 0.4) is 0 Å². The fourth-order valence-electron chi connectivity index (χ4n) is 5.15. The van der Waals surface area contributed by atoms with Crippen molar-refractivity contribution in [1.29, 1.82) is 0 Å². The molecule has 2 aromatic heterocycles. The number of nitrogens with one attached hydrogen (secondary N) is 1. The molecule has 1 amide bonds. The summed E-state index contributed by atoms with van der Waals surface area (Å²) in [6.07, 6.45) is 11.2. The number of benzene rings is 1. The van der Waals surface area contributed by atoms with E-state index in [1.54, 1.807) is 0 Å². The fraction of sp³-hybridized carbons (Fsp3) is 0.440. The van der Waals surface area contributed by atoms with Crippen LogP contribution in [0.15, 0.2) is 41.4 Å². The molecule has 7 heteroatoms. The molecular formula is C25H28N4O3. The number of hydrogen-bond donors (Lipinski definition) is 1. The van der Waals surface area contributed by atoms with Crippen molar-refractivity contribution in [2.24, 2.45) is 0 Å². The van der Waals surface area contributed by atoms with Gasteiger partial charge in [0.2, 0.25) is 0 Å². The zero-order chi connectivity index (χ0) is 22.1. The highest BCUT2D eigenvalue weighted by Gasteiger charge is 2.41. The molecule has 1 saturated carbocycles. The van der Waals surface area contributed by atoms with Crippen LogP contribution < -0.4 is 5.32 Å². The maximum absolute atomic E-state index is 13.1. The van der Waals surface area contributed by atoms with Gasteiger partial charge in [0, 0.05) is 24.4 Å². The zero-order valence-corrected chi connectivity index (χ0v) is 18.6. The van der Waals surface area contributed by atoms with Crippen molar-refractivity contribution < 1.29 is 14.1 Å². The zero-order valence-electron chi connectivity index (χ0n) is 18.6. The van der Waals surface area contributed by atoms with Crippen LogP contribution in [0, 0.1) is 13.8 Å². The van der Waals surface area contributed by atoms with Crippen molar-refractivity contribution in [1.82, 2.24) is 20.4 Å². The lowest BCUT2D eigenvalue weighted by Gasteiger charge is -2.41. The lowest BCUT2D eigenvalue weighted by molar-refractivity contribution is -0.113. The van der Waals surface area contributed by atoms with Crippen LogP contribution in [-0.4, -0.2) is 32.9 Å². The van der Waals surface area contributed by atoms with E-state index in [0.717, 1.165) is 48.3 Å². The van der Waals surface area contributed by atoms with Crippen LogP contribution in [0.2, 0.25) is 0 Å². The summed E-state index contributed by atoms with van der Waals surface area (Å²) in [5.74, 6) is 0.594. The predicted molar refractivity (Wildman–Crippen MR) is 119 cm³/mol. The molecule has 1 N–H and O–H groups in total. The Balaban J connectivity index is 1.53. The standard InChI is InChI=1S/C25H28N4O3/c1-16-23(17(2)32-29-16)21-9-5-6-18-10-11-25(12-22(18)21,31-20-7-3-4-8-20)28-24(30)19-13-26-15-27-14-19/h5-6,9,13-15,20H,3-4,7-8,10-12H2,1-2H3,(H,28,30)/t25-/m1/s1. The van der Waals surface area contributed by atoms with Crippen molar-refractivity contribution in [3.8, 4) is 11.1 Å². The molecule has 0 bridgehead atoms. The summed E-state index contributed by atoms with van der Waals surface area (Å²) in [7, 11) is 0. The summed E-state index contributed by atoms with van der Waals surface area (Å²) < 4.78 is 12.2. The number of aryl methyl sites for hydroxylation is 3. The van der Waals surface area contributed by atoms with Gasteiger partial charge >= 0.3 is 0 Å². The highest BCUT2D eigenvalue weighted by atomic mass is 16.5. The Hall–Kier alpha value is -3.06. The van der Waals surface area contributed by atoms with Crippen molar-refractivity contribution in [3.63, 3.8) is 0 Å². The minimum absolute atomic E-state index is 0.162. The van der Waals surface area contributed by atoms with Gasteiger partial charge in [-0.2, -0.15) is 0 Å². The summed E-state index contributed by atoms with van der Waals surface area (Å²) in [5.41, 5.74) is 5.14. The van der Waals surface area contributed by atoms with Crippen molar-refractivity contribution >= 4 is 5.91 Å². The largest absolute Gasteiger partial charge is 0.361 e. The van der Waals surface area contributed by atoms with Crippen molar-refractivity contribution in [2.45, 2.75) is 70.6 Å². The maximum atomic E-state index is 13.1. The number of aromatic nitrogens is 3. The number of amides is 1. The first-order valence-electron chi connectivity index (χ1n) is 11.3. The van der Waals surface area contributed by atoms with Gasteiger partial charge < -0.3 is 14.6 Å². The topological polar surface area (TPSA) is 90.1 Å². The maximum Gasteiger partial charge on any atom is 0.256 e. The van der Waals surface area contributed by atoms with Crippen LogP contribution >= 0.6 is 0 Å². The molecule has 166 valence electrons. The van der Waals surface area contributed by atoms with Gasteiger partial charge in [-0.25, -0.2) is 9.97 Å². The van der Waals surface area contributed by atoms with E-state index >= 15 is 0 Å². The number of nitrogens with zero attached hydrogens (tertiary/aromatic N) is 3. The summed E-state index contributed by atoms with van der Waals surface area (Å²) in [6.45, 7) is 3.91. The summed E-state index contributed by atoms with van der Waals surface area (Å²) in [5, 5.41) is 7.40. The Labute approximate surface area is 187 Å². The second kappa shape index (κ2) is 8.47. The van der Waals surface area contributed by atoms with Gasteiger partial charge in [-0.05, 0) is 56.2 Å². The molecule has 1 aromatic carbocycles. The van der Waals surface area contributed by atoms with Crippen LogP contribution in [0.5, 0.6) is 0 Å². The van der Waals surface area contributed by atoms with E-state index in [9.17, 15) is 4.79 Å². The van der Waals surface area contributed by atoms with E-state index in [-0.39, 0.29) is 12.0 Å².